The first-order valence-corrected chi connectivity index (χ1v) is 7.16. The average Bonchev–Trinajstić information content (AvgIpc) is 3.11. The molecule has 0 radical (unpaired) electrons. The highest BCUT2D eigenvalue weighted by Gasteiger charge is 2.40. The summed E-state index contributed by atoms with van der Waals surface area (Å²) in [5.74, 6) is 0. The second kappa shape index (κ2) is 5.50. The molecular formula is C14H28N2. The summed E-state index contributed by atoms with van der Waals surface area (Å²) in [5.41, 5.74) is 6.39. The van der Waals surface area contributed by atoms with Crippen LogP contribution in [-0.4, -0.2) is 31.1 Å². The van der Waals surface area contributed by atoms with Crippen LogP contribution in [0.4, 0.5) is 0 Å². The predicted octanol–water partition coefficient (Wildman–Crippen LogP) is 2.77. The molecule has 0 aliphatic heterocycles. The summed E-state index contributed by atoms with van der Waals surface area (Å²) in [4.78, 5) is 2.61. The van der Waals surface area contributed by atoms with Crippen molar-refractivity contribution in [1.29, 1.82) is 0 Å². The van der Waals surface area contributed by atoms with Gasteiger partial charge in [-0.15, -0.1) is 0 Å². The third-order valence-corrected chi connectivity index (χ3v) is 4.83. The van der Waals surface area contributed by atoms with Gasteiger partial charge in [0.15, 0.2) is 0 Å². The Balaban J connectivity index is 1.71. The topological polar surface area (TPSA) is 29.3 Å². The summed E-state index contributed by atoms with van der Waals surface area (Å²) in [6.07, 6.45) is 12.7. The van der Waals surface area contributed by atoms with Crippen molar-refractivity contribution in [2.45, 2.75) is 63.8 Å². The first kappa shape index (κ1) is 12.4. The van der Waals surface area contributed by atoms with Gasteiger partial charge in [-0.3, -0.25) is 0 Å². The van der Waals surface area contributed by atoms with Gasteiger partial charge in [0.05, 0.1) is 0 Å². The smallest absolute Gasteiger partial charge is 0.00922 e. The highest BCUT2D eigenvalue weighted by Crippen LogP contribution is 2.47. The fraction of sp³-hybridized carbons (Fsp3) is 1.00. The number of nitrogens with zero attached hydrogens (tertiary/aromatic N) is 1. The molecule has 0 aromatic carbocycles. The Bertz CT molecular complexity index is 203. The van der Waals surface area contributed by atoms with E-state index >= 15 is 0 Å². The van der Waals surface area contributed by atoms with Crippen molar-refractivity contribution in [3.63, 3.8) is 0 Å². The van der Waals surface area contributed by atoms with E-state index < -0.39 is 0 Å². The van der Waals surface area contributed by atoms with Crippen LogP contribution in [0, 0.1) is 5.41 Å². The molecule has 16 heavy (non-hydrogen) atoms. The van der Waals surface area contributed by atoms with Crippen LogP contribution >= 0.6 is 0 Å². The summed E-state index contributed by atoms with van der Waals surface area (Å²) >= 11 is 0. The Morgan fingerprint density at radius 2 is 1.75 bits per heavy atom. The number of rotatable bonds is 5. The SMILES string of the molecule is CN(CCC1(CN)CC1)C1CCCCCC1. The quantitative estimate of drug-likeness (QED) is 0.728. The van der Waals surface area contributed by atoms with E-state index in [4.69, 9.17) is 5.73 Å². The van der Waals surface area contributed by atoms with Crippen molar-refractivity contribution < 1.29 is 0 Å². The van der Waals surface area contributed by atoms with Crippen molar-refractivity contribution >= 4 is 0 Å². The first-order valence-electron chi connectivity index (χ1n) is 7.16. The zero-order valence-electron chi connectivity index (χ0n) is 10.9. The normalized spacial score (nSPS) is 25.7. The molecule has 94 valence electrons. The lowest BCUT2D eigenvalue weighted by Gasteiger charge is -2.28. The van der Waals surface area contributed by atoms with Gasteiger partial charge in [0.1, 0.15) is 0 Å². The van der Waals surface area contributed by atoms with E-state index in [9.17, 15) is 0 Å². The Kier molecular flexibility index (Phi) is 4.26. The molecule has 0 atom stereocenters. The first-order chi connectivity index (χ1) is 7.76. The summed E-state index contributed by atoms with van der Waals surface area (Å²) < 4.78 is 0. The Morgan fingerprint density at radius 1 is 1.12 bits per heavy atom. The van der Waals surface area contributed by atoms with Crippen molar-refractivity contribution in [2.75, 3.05) is 20.1 Å². The van der Waals surface area contributed by atoms with Gasteiger partial charge < -0.3 is 10.6 Å². The van der Waals surface area contributed by atoms with Crippen molar-refractivity contribution in [3.05, 3.63) is 0 Å². The highest BCUT2D eigenvalue weighted by molar-refractivity contribution is 4.94. The maximum Gasteiger partial charge on any atom is 0.00922 e. The van der Waals surface area contributed by atoms with Gasteiger partial charge in [0.25, 0.3) is 0 Å². The Hall–Kier alpha value is -0.0800. The third-order valence-electron chi connectivity index (χ3n) is 4.83. The molecule has 0 heterocycles. The van der Waals surface area contributed by atoms with Gasteiger partial charge in [-0.25, -0.2) is 0 Å². The van der Waals surface area contributed by atoms with E-state index in [0.29, 0.717) is 5.41 Å². The molecule has 0 unspecified atom stereocenters. The van der Waals surface area contributed by atoms with Gasteiger partial charge in [0.2, 0.25) is 0 Å². The minimum atomic E-state index is 0.555. The van der Waals surface area contributed by atoms with E-state index in [1.807, 2.05) is 0 Å². The molecular weight excluding hydrogens is 196 g/mol. The van der Waals surface area contributed by atoms with Crippen LogP contribution in [0.5, 0.6) is 0 Å². The van der Waals surface area contributed by atoms with Crippen LogP contribution in [0.25, 0.3) is 0 Å². The second-order valence-corrected chi connectivity index (χ2v) is 6.08. The highest BCUT2D eigenvalue weighted by atomic mass is 15.1. The fourth-order valence-corrected chi connectivity index (χ4v) is 3.03. The van der Waals surface area contributed by atoms with Crippen LogP contribution in [0.3, 0.4) is 0 Å². The lowest BCUT2D eigenvalue weighted by molar-refractivity contribution is 0.203. The maximum atomic E-state index is 5.84. The van der Waals surface area contributed by atoms with Gasteiger partial charge in [-0.05, 0) is 57.7 Å². The number of hydrogen-bond acceptors (Lipinski definition) is 2. The minimum absolute atomic E-state index is 0.555. The molecule has 2 fully saturated rings. The molecule has 2 N–H and O–H groups in total. The van der Waals surface area contributed by atoms with Crippen LogP contribution in [0.2, 0.25) is 0 Å². The molecule has 2 saturated carbocycles. The largest absolute Gasteiger partial charge is 0.330 e. The number of hydrogen-bond donors (Lipinski definition) is 1. The molecule has 2 heteroatoms. The van der Waals surface area contributed by atoms with E-state index in [1.54, 1.807) is 0 Å². The van der Waals surface area contributed by atoms with E-state index in [2.05, 4.69) is 11.9 Å². The zero-order valence-corrected chi connectivity index (χ0v) is 10.9. The van der Waals surface area contributed by atoms with Crippen molar-refractivity contribution in [3.8, 4) is 0 Å². The minimum Gasteiger partial charge on any atom is -0.330 e. The molecule has 2 rings (SSSR count). The van der Waals surface area contributed by atoms with Gasteiger partial charge >= 0.3 is 0 Å². The molecule has 0 spiro atoms. The monoisotopic (exact) mass is 224 g/mol. The summed E-state index contributed by atoms with van der Waals surface area (Å²) in [5, 5.41) is 0. The Morgan fingerprint density at radius 3 is 2.25 bits per heavy atom. The fourth-order valence-electron chi connectivity index (χ4n) is 3.03. The van der Waals surface area contributed by atoms with Gasteiger partial charge in [0, 0.05) is 6.04 Å². The zero-order chi connectivity index (χ0) is 11.4. The van der Waals surface area contributed by atoms with E-state index in [1.165, 1.54) is 64.3 Å². The van der Waals surface area contributed by atoms with Crippen LogP contribution in [0.1, 0.15) is 57.8 Å². The molecule has 0 aromatic heterocycles. The Labute approximate surface area is 101 Å². The van der Waals surface area contributed by atoms with Gasteiger partial charge in [-0.1, -0.05) is 25.7 Å². The molecule has 2 aliphatic carbocycles. The molecule has 0 bridgehead atoms. The third kappa shape index (κ3) is 3.21. The average molecular weight is 224 g/mol. The predicted molar refractivity (Wildman–Crippen MR) is 69.5 cm³/mol. The second-order valence-electron chi connectivity index (χ2n) is 6.08. The van der Waals surface area contributed by atoms with Crippen molar-refractivity contribution in [1.82, 2.24) is 4.90 Å². The summed E-state index contributed by atoms with van der Waals surface area (Å²) in [6.45, 7) is 2.17. The molecule has 0 aromatic rings. The summed E-state index contributed by atoms with van der Waals surface area (Å²) in [6, 6.07) is 0.857. The lowest BCUT2D eigenvalue weighted by atomic mass is 10.0. The van der Waals surface area contributed by atoms with Gasteiger partial charge in [-0.2, -0.15) is 0 Å². The van der Waals surface area contributed by atoms with Crippen LogP contribution in [0.15, 0.2) is 0 Å². The summed E-state index contributed by atoms with van der Waals surface area (Å²) in [7, 11) is 2.32. The van der Waals surface area contributed by atoms with Crippen molar-refractivity contribution in [2.24, 2.45) is 11.1 Å². The number of nitrogens with two attached hydrogens (primary N) is 1. The van der Waals surface area contributed by atoms with Crippen LogP contribution < -0.4 is 5.73 Å². The van der Waals surface area contributed by atoms with E-state index in [-0.39, 0.29) is 0 Å². The van der Waals surface area contributed by atoms with Crippen LogP contribution in [-0.2, 0) is 0 Å². The molecule has 2 nitrogen and oxygen atoms in total. The maximum absolute atomic E-state index is 5.84. The standard InChI is InChI=1S/C14H28N2/c1-16(11-10-14(12-15)8-9-14)13-6-4-2-3-5-7-13/h13H,2-12,15H2,1H3. The molecule has 0 amide bonds. The molecule has 2 aliphatic rings. The lowest BCUT2D eigenvalue weighted by Crippen LogP contribution is -2.34. The van der Waals surface area contributed by atoms with E-state index in [0.717, 1.165) is 12.6 Å². The molecule has 0 saturated heterocycles.